The highest BCUT2D eigenvalue weighted by molar-refractivity contribution is 5.99. The molecular weight excluding hydrogens is 230 g/mol. The minimum atomic E-state index is 0.208. The van der Waals surface area contributed by atoms with Gasteiger partial charge < -0.3 is 20.2 Å². The highest BCUT2D eigenvalue weighted by atomic mass is 16.4. The van der Waals surface area contributed by atoms with Crippen molar-refractivity contribution >= 4 is 10.9 Å². The first kappa shape index (κ1) is 10.9. The highest BCUT2D eigenvalue weighted by Gasteiger charge is 2.17. The molecule has 3 rings (SSSR count). The van der Waals surface area contributed by atoms with E-state index in [1.54, 1.807) is 18.3 Å². The predicted octanol–water partition coefficient (Wildman–Crippen LogP) is 2.30. The molecule has 5 heteroatoms. The summed E-state index contributed by atoms with van der Waals surface area (Å²) in [7, 11) is 0. The van der Waals surface area contributed by atoms with Gasteiger partial charge in [-0.2, -0.15) is 0 Å². The van der Waals surface area contributed by atoms with E-state index >= 15 is 0 Å². The Kier molecular flexibility index (Phi) is 2.34. The number of oxazole rings is 1. The molecule has 2 heterocycles. The topological polar surface area (TPSA) is 88.1 Å². The molecule has 0 saturated heterocycles. The number of phenols is 1. The number of aromatic hydroxyl groups is 1. The number of hydrogen-bond acceptors (Lipinski definition) is 4. The van der Waals surface area contributed by atoms with Gasteiger partial charge in [0, 0.05) is 5.69 Å². The normalized spacial score (nSPS) is 11.2. The molecule has 18 heavy (non-hydrogen) atoms. The quantitative estimate of drug-likeness (QED) is 0.644. The summed E-state index contributed by atoms with van der Waals surface area (Å²) in [5, 5.41) is 10.7. The Morgan fingerprint density at radius 1 is 1.44 bits per heavy atom. The van der Waals surface area contributed by atoms with Gasteiger partial charge in [0.2, 0.25) is 5.89 Å². The number of hydrogen-bond donors (Lipinski definition) is 3. The largest absolute Gasteiger partial charge is 0.507 e. The maximum absolute atomic E-state index is 9.98. The number of rotatable bonds is 2. The molecule has 0 saturated carbocycles. The van der Waals surface area contributed by atoms with E-state index in [0.717, 1.165) is 22.2 Å². The summed E-state index contributed by atoms with van der Waals surface area (Å²) < 4.78 is 5.55. The molecule has 5 nitrogen and oxygen atoms in total. The van der Waals surface area contributed by atoms with Crippen molar-refractivity contribution in [2.45, 2.75) is 13.5 Å². The van der Waals surface area contributed by atoms with E-state index in [9.17, 15) is 5.11 Å². The van der Waals surface area contributed by atoms with Crippen LogP contribution in [0.25, 0.3) is 22.4 Å². The summed E-state index contributed by atoms with van der Waals surface area (Å²) in [4.78, 5) is 7.41. The van der Waals surface area contributed by atoms with Crippen molar-refractivity contribution in [3.05, 3.63) is 35.9 Å². The van der Waals surface area contributed by atoms with Crippen LogP contribution in [0.5, 0.6) is 5.75 Å². The monoisotopic (exact) mass is 243 g/mol. The van der Waals surface area contributed by atoms with Crippen molar-refractivity contribution in [1.82, 2.24) is 9.97 Å². The minimum Gasteiger partial charge on any atom is -0.507 e. The van der Waals surface area contributed by atoms with Crippen molar-refractivity contribution in [2.75, 3.05) is 0 Å². The average Bonchev–Trinajstić information content (AvgIpc) is 2.92. The summed E-state index contributed by atoms with van der Waals surface area (Å²) in [5.41, 5.74) is 8.04. The molecule has 0 fully saturated rings. The first-order valence-electron chi connectivity index (χ1n) is 5.66. The third-order valence-corrected chi connectivity index (χ3v) is 2.96. The zero-order valence-corrected chi connectivity index (χ0v) is 9.90. The molecule has 0 amide bonds. The zero-order valence-electron chi connectivity index (χ0n) is 9.90. The molecule has 0 aliphatic rings. The van der Waals surface area contributed by atoms with Crippen LogP contribution in [-0.4, -0.2) is 15.1 Å². The molecule has 1 aromatic carbocycles. The molecule has 0 bridgehead atoms. The van der Waals surface area contributed by atoms with Crippen molar-refractivity contribution in [2.24, 2.45) is 5.73 Å². The third kappa shape index (κ3) is 1.48. The van der Waals surface area contributed by atoms with E-state index < -0.39 is 0 Å². The number of nitrogens with zero attached hydrogens (tertiary/aromatic N) is 1. The molecule has 0 aliphatic heterocycles. The number of aryl methyl sites for hydroxylation is 1. The fraction of sp³-hybridized carbons (Fsp3) is 0.154. The van der Waals surface area contributed by atoms with E-state index in [1.165, 1.54) is 0 Å². The second kappa shape index (κ2) is 3.89. The Morgan fingerprint density at radius 3 is 3.00 bits per heavy atom. The van der Waals surface area contributed by atoms with Crippen LogP contribution < -0.4 is 5.73 Å². The van der Waals surface area contributed by atoms with Crippen LogP contribution in [0.3, 0.4) is 0 Å². The van der Waals surface area contributed by atoms with E-state index in [4.69, 9.17) is 10.2 Å². The molecular formula is C13H13N3O2. The van der Waals surface area contributed by atoms with Gasteiger partial charge in [-0.05, 0) is 19.1 Å². The summed E-state index contributed by atoms with van der Waals surface area (Å²) in [6.07, 6.45) is 1.60. The van der Waals surface area contributed by atoms with E-state index in [2.05, 4.69) is 9.97 Å². The fourth-order valence-corrected chi connectivity index (χ4v) is 2.14. The summed E-state index contributed by atoms with van der Waals surface area (Å²) in [5.74, 6) is 1.30. The smallest absolute Gasteiger partial charge is 0.228 e. The maximum Gasteiger partial charge on any atom is 0.228 e. The van der Waals surface area contributed by atoms with Crippen molar-refractivity contribution in [1.29, 1.82) is 0 Å². The molecule has 0 atom stereocenters. The van der Waals surface area contributed by atoms with Crippen molar-refractivity contribution < 1.29 is 9.52 Å². The number of nitrogens with two attached hydrogens (primary N) is 1. The van der Waals surface area contributed by atoms with Crippen LogP contribution in [0.15, 0.2) is 28.8 Å². The second-order valence-electron chi connectivity index (χ2n) is 4.16. The lowest BCUT2D eigenvalue weighted by molar-refractivity contribution is 0.481. The van der Waals surface area contributed by atoms with Gasteiger partial charge in [0.1, 0.15) is 11.5 Å². The molecule has 2 aromatic heterocycles. The van der Waals surface area contributed by atoms with E-state index in [0.29, 0.717) is 18.2 Å². The van der Waals surface area contributed by atoms with Gasteiger partial charge in [-0.3, -0.25) is 0 Å². The molecule has 4 N–H and O–H groups in total. The highest BCUT2D eigenvalue weighted by Crippen LogP contribution is 2.36. The number of phenolic OH excluding ortho intramolecular Hbond substituents is 1. The lowest BCUT2D eigenvalue weighted by Crippen LogP contribution is -1.92. The SMILES string of the molecule is Cc1[nH]c2cccc(O)c2c1-c1ncc(CN)o1. The molecule has 3 aromatic rings. The van der Waals surface area contributed by atoms with Crippen LogP contribution in [0, 0.1) is 6.92 Å². The predicted molar refractivity (Wildman–Crippen MR) is 68.1 cm³/mol. The maximum atomic E-state index is 9.98. The molecule has 92 valence electrons. The summed E-state index contributed by atoms with van der Waals surface area (Å²) in [6.45, 7) is 2.22. The first-order chi connectivity index (χ1) is 8.70. The Bertz CT molecular complexity index is 712. The Hall–Kier alpha value is -2.27. The number of aromatic nitrogens is 2. The fourth-order valence-electron chi connectivity index (χ4n) is 2.14. The Balaban J connectivity index is 2.30. The van der Waals surface area contributed by atoms with Crippen LogP contribution in [-0.2, 0) is 6.54 Å². The zero-order chi connectivity index (χ0) is 12.7. The van der Waals surface area contributed by atoms with Crippen molar-refractivity contribution in [3.8, 4) is 17.2 Å². The number of aromatic amines is 1. The summed E-state index contributed by atoms with van der Waals surface area (Å²) >= 11 is 0. The van der Waals surface area contributed by atoms with Gasteiger partial charge in [0.15, 0.2) is 0 Å². The van der Waals surface area contributed by atoms with Gasteiger partial charge in [0.05, 0.1) is 29.2 Å². The lowest BCUT2D eigenvalue weighted by atomic mass is 10.1. The standard InChI is InChI=1S/C13H13N3O2/c1-7-11(13-15-6-8(5-14)18-13)12-9(16-7)3-2-4-10(12)17/h2-4,6,16-17H,5,14H2,1H3. The number of H-pyrrole nitrogens is 1. The Labute approximate surface area is 103 Å². The number of benzene rings is 1. The Morgan fingerprint density at radius 2 is 2.28 bits per heavy atom. The van der Waals surface area contributed by atoms with Gasteiger partial charge in [-0.25, -0.2) is 4.98 Å². The average molecular weight is 243 g/mol. The van der Waals surface area contributed by atoms with Gasteiger partial charge >= 0.3 is 0 Å². The van der Waals surface area contributed by atoms with Crippen LogP contribution in [0.4, 0.5) is 0 Å². The van der Waals surface area contributed by atoms with Crippen LogP contribution in [0.2, 0.25) is 0 Å². The van der Waals surface area contributed by atoms with Crippen LogP contribution >= 0.6 is 0 Å². The molecule has 0 unspecified atom stereocenters. The van der Waals surface area contributed by atoms with Crippen molar-refractivity contribution in [3.63, 3.8) is 0 Å². The molecule has 0 spiro atoms. The number of nitrogens with one attached hydrogen (secondary N) is 1. The van der Waals surface area contributed by atoms with Gasteiger partial charge in [-0.15, -0.1) is 0 Å². The molecule has 0 radical (unpaired) electrons. The van der Waals surface area contributed by atoms with E-state index in [1.807, 2.05) is 13.0 Å². The van der Waals surface area contributed by atoms with Crippen LogP contribution in [0.1, 0.15) is 11.5 Å². The minimum absolute atomic E-state index is 0.208. The number of fused-ring (bicyclic) bond motifs is 1. The summed E-state index contributed by atoms with van der Waals surface area (Å²) in [6, 6.07) is 5.34. The van der Waals surface area contributed by atoms with Gasteiger partial charge in [0.25, 0.3) is 0 Å². The second-order valence-corrected chi connectivity index (χ2v) is 4.16. The lowest BCUT2D eigenvalue weighted by Gasteiger charge is -1.98. The van der Waals surface area contributed by atoms with Gasteiger partial charge in [-0.1, -0.05) is 6.07 Å². The molecule has 0 aliphatic carbocycles. The third-order valence-electron chi connectivity index (χ3n) is 2.96. The first-order valence-corrected chi connectivity index (χ1v) is 5.66. The van der Waals surface area contributed by atoms with E-state index in [-0.39, 0.29) is 5.75 Å².